The van der Waals surface area contributed by atoms with Gasteiger partial charge in [-0.2, -0.15) is 0 Å². The fourth-order valence-corrected chi connectivity index (χ4v) is 5.34. The fraction of sp³-hybridized carbons (Fsp3) is 0.438. The van der Waals surface area contributed by atoms with Crippen LogP contribution in [0.2, 0.25) is 0 Å². The van der Waals surface area contributed by atoms with Crippen molar-refractivity contribution in [2.75, 3.05) is 12.4 Å². The van der Waals surface area contributed by atoms with Crippen molar-refractivity contribution in [2.45, 2.75) is 71.4 Å². The lowest BCUT2D eigenvalue weighted by molar-refractivity contribution is -0.136. The molecule has 39 heavy (non-hydrogen) atoms. The minimum Gasteiger partial charge on any atom is -0.343 e. The predicted molar refractivity (Wildman–Crippen MR) is 157 cm³/mol. The average Bonchev–Trinajstić information content (AvgIpc) is 2.92. The highest BCUT2D eigenvalue weighted by Crippen LogP contribution is 2.33. The van der Waals surface area contributed by atoms with Crippen LogP contribution >= 0.6 is 0 Å². The van der Waals surface area contributed by atoms with Crippen molar-refractivity contribution in [1.29, 1.82) is 0 Å². The Hall–Kier alpha value is -3.58. The molecule has 0 aliphatic heterocycles. The summed E-state index contributed by atoms with van der Waals surface area (Å²) in [5.41, 5.74) is 10.5. The minimum atomic E-state index is -0.429. The Morgan fingerprint density at radius 3 is 2.21 bits per heavy atom. The number of aromatic nitrogens is 2. The maximum absolute atomic E-state index is 13.0. The second kappa shape index (κ2) is 12.1. The fourth-order valence-electron chi connectivity index (χ4n) is 5.34. The van der Waals surface area contributed by atoms with E-state index in [0.29, 0.717) is 18.2 Å². The highest BCUT2D eigenvalue weighted by atomic mass is 16.2. The molecule has 7 heteroatoms. The summed E-state index contributed by atoms with van der Waals surface area (Å²) in [6.07, 6.45) is 4.17. The molecule has 4 rings (SSSR count). The van der Waals surface area contributed by atoms with Gasteiger partial charge in [0.2, 0.25) is 11.8 Å². The zero-order chi connectivity index (χ0) is 28.2. The molecule has 0 saturated heterocycles. The molecule has 0 spiro atoms. The normalized spacial score (nSPS) is 17.6. The van der Waals surface area contributed by atoms with Crippen LogP contribution in [0.15, 0.2) is 60.7 Å². The van der Waals surface area contributed by atoms with Crippen LogP contribution in [0.3, 0.4) is 0 Å². The van der Waals surface area contributed by atoms with Crippen LogP contribution < -0.4 is 11.1 Å². The molecule has 0 unspecified atom stereocenters. The molecule has 2 aromatic carbocycles. The van der Waals surface area contributed by atoms with Crippen LogP contribution in [0.25, 0.3) is 22.4 Å². The smallest absolute Gasteiger partial charge is 0.225 e. The Morgan fingerprint density at radius 2 is 1.62 bits per heavy atom. The van der Waals surface area contributed by atoms with Crippen LogP contribution in [-0.2, 0) is 15.1 Å². The third kappa shape index (κ3) is 7.09. The number of carbonyl (C=O) groups excluding carboxylic acids is 2. The Kier molecular flexibility index (Phi) is 8.80. The minimum absolute atomic E-state index is 0.00391. The molecule has 206 valence electrons. The number of hydrogen-bond donors (Lipinski definition) is 2. The molecule has 3 aromatic rings. The largest absolute Gasteiger partial charge is 0.343 e. The number of hydrogen-bond acceptors (Lipinski definition) is 5. The third-order valence-corrected chi connectivity index (χ3v) is 7.73. The summed E-state index contributed by atoms with van der Waals surface area (Å²) >= 11 is 0. The van der Waals surface area contributed by atoms with Crippen LogP contribution in [0.5, 0.6) is 0 Å². The number of nitrogens with zero attached hydrogens (tertiary/aromatic N) is 3. The van der Waals surface area contributed by atoms with Crippen LogP contribution in [-0.4, -0.2) is 40.0 Å². The molecular weight excluding hydrogens is 486 g/mol. The summed E-state index contributed by atoms with van der Waals surface area (Å²) < 4.78 is 0. The van der Waals surface area contributed by atoms with E-state index in [0.717, 1.165) is 53.6 Å². The van der Waals surface area contributed by atoms with Gasteiger partial charge in [0, 0.05) is 42.1 Å². The number of benzene rings is 2. The van der Waals surface area contributed by atoms with E-state index in [2.05, 4.69) is 15.5 Å². The second-order valence-corrected chi connectivity index (χ2v) is 11.7. The van der Waals surface area contributed by atoms with Gasteiger partial charge < -0.3 is 16.0 Å². The topological polar surface area (TPSA) is 101 Å². The Bertz CT molecular complexity index is 1270. The van der Waals surface area contributed by atoms with E-state index in [-0.39, 0.29) is 23.8 Å². The van der Waals surface area contributed by atoms with Gasteiger partial charge in [-0.1, -0.05) is 68.4 Å². The summed E-state index contributed by atoms with van der Waals surface area (Å²) in [6.45, 7) is 7.83. The van der Waals surface area contributed by atoms with Crippen molar-refractivity contribution in [3.63, 3.8) is 0 Å². The van der Waals surface area contributed by atoms with Gasteiger partial charge in [-0.05, 0) is 62.6 Å². The van der Waals surface area contributed by atoms with E-state index >= 15 is 0 Å². The quantitative estimate of drug-likeness (QED) is 0.374. The molecule has 1 aliphatic rings. The van der Waals surface area contributed by atoms with Crippen molar-refractivity contribution >= 4 is 17.6 Å². The first-order valence-electron chi connectivity index (χ1n) is 13.9. The Morgan fingerprint density at radius 1 is 0.974 bits per heavy atom. The lowest BCUT2D eigenvalue weighted by atomic mass is 9.83. The van der Waals surface area contributed by atoms with Crippen molar-refractivity contribution in [3.05, 3.63) is 66.2 Å². The maximum atomic E-state index is 13.0. The van der Waals surface area contributed by atoms with E-state index in [1.165, 1.54) is 0 Å². The highest BCUT2D eigenvalue weighted by Gasteiger charge is 2.28. The number of anilines is 1. The van der Waals surface area contributed by atoms with Crippen LogP contribution in [0, 0.1) is 11.8 Å². The Balaban J connectivity index is 1.46. The summed E-state index contributed by atoms with van der Waals surface area (Å²) in [6, 6.07) is 20.2. The van der Waals surface area contributed by atoms with Gasteiger partial charge in [0.15, 0.2) is 5.82 Å². The molecule has 1 fully saturated rings. The van der Waals surface area contributed by atoms with Crippen molar-refractivity contribution < 1.29 is 9.59 Å². The molecule has 1 aromatic heterocycles. The van der Waals surface area contributed by atoms with E-state index in [1.807, 2.05) is 100 Å². The summed E-state index contributed by atoms with van der Waals surface area (Å²) in [5.74, 6) is 0.879. The van der Waals surface area contributed by atoms with Gasteiger partial charge in [-0.15, -0.1) is 10.2 Å². The van der Waals surface area contributed by atoms with Gasteiger partial charge in [-0.3, -0.25) is 9.59 Å². The van der Waals surface area contributed by atoms with Gasteiger partial charge in [-0.25, -0.2) is 0 Å². The monoisotopic (exact) mass is 527 g/mol. The van der Waals surface area contributed by atoms with Crippen LogP contribution in [0.1, 0.15) is 65.4 Å². The first-order chi connectivity index (χ1) is 18.5. The Labute approximate surface area is 232 Å². The van der Waals surface area contributed by atoms with Crippen molar-refractivity contribution in [2.24, 2.45) is 17.6 Å². The average molecular weight is 528 g/mol. The summed E-state index contributed by atoms with van der Waals surface area (Å²) in [7, 11) is 1.90. The predicted octanol–water partition coefficient (Wildman–Crippen LogP) is 6.01. The molecule has 0 bridgehead atoms. The molecular formula is C32H41N5O2. The lowest BCUT2D eigenvalue weighted by Gasteiger charge is -2.35. The number of nitrogens with two attached hydrogens (primary N) is 1. The third-order valence-electron chi connectivity index (χ3n) is 7.73. The first kappa shape index (κ1) is 28.4. The number of amides is 2. The first-order valence-corrected chi connectivity index (χ1v) is 13.9. The van der Waals surface area contributed by atoms with Gasteiger partial charge in [0.25, 0.3) is 0 Å². The SMILES string of the molecule is CC(C)C(=O)N(C)C1CCC(CC(=O)Nc2cc(-c3ccccc3)c(-c3ccc(C(C)(C)N)cc3)nn2)CC1. The standard InChI is InChI=1S/C32H41N5O2/c1-21(2)31(39)37(5)26-17-11-22(12-18-26)19-29(38)34-28-20-27(23-9-7-6-8-10-23)30(36-35-28)24-13-15-25(16-14-24)32(3,4)33/h6-10,13-16,20-22,26H,11-12,17-19,33H2,1-5H3,(H,34,35,38). The van der Waals surface area contributed by atoms with Crippen molar-refractivity contribution in [1.82, 2.24) is 15.1 Å². The maximum Gasteiger partial charge on any atom is 0.225 e. The summed E-state index contributed by atoms with van der Waals surface area (Å²) in [4.78, 5) is 27.2. The van der Waals surface area contributed by atoms with Gasteiger partial charge >= 0.3 is 0 Å². The van der Waals surface area contributed by atoms with E-state index < -0.39 is 5.54 Å². The van der Waals surface area contributed by atoms with E-state index in [9.17, 15) is 9.59 Å². The van der Waals surface area contributed by atoms with Crippen LogP contribution in [0.4, 0.5) is 5.82 Å². The van der Waals surface area contributed by atoms with E-state index in [1.54, 1.807) is 0 Å². The molecule has 1 heterocycles. The van der Waals surface area contributed by atoms with E-state index in [4.69, 9.17) is 5.73 Å². The zero-order valence-electron chi connectivity index (χ0n) is 23.8. The summed E-state index contributed by atoms with van der Waals surface area (Å²) in [5, 5.41) is 11.9. The van der Waals surface area contributed by atoms with Gasteiger partial charge in [0.05, 0.1) is 0 Å². The molecule has 0 atom stereocenters. The molecule has 3 N–H and O–H groups in total. The highest BCUT2D eigenvalue weighted by molar-refractivity contribution is 5.91. The lowest BCUT2D eigenvalue weighted by Crippen LogP contribution is -2.41. The molecule has 1 aliphatic carbocycles. The molecule has 1 saturated carbocycles. The second-order valence-electron chi connectivity index (χ2n) is 11.7. The molecule has 7 nitrogen and oxygen atoms in total. The zero-order valence-corrected chi connectivity index (χ0v) is 23.8. The number of rotatable bonds is 8. The number of nitrogens with one attached hydrogen (secondary N) is 1. The number of carbonyl (C=O) groups is 2. The van der Waals surface area contributed by atoms with Gasteiger partial charge in [0.1, 0.15) is 5.69 Å². The molecule has 0 radical (unpaired) electrons. The van der Waals surface area contributed by atoms with Crippen molar-refractivity contribution in [3.8, 4) is 22.4 Å². The molecule has 2 amide bonds.